The summed E-state index contributed by atoms with van der Waals surface area (Å²) in [6, 6.07) is 5.52. The predicted molar refractivity (Wildman–Crippen MR) is 137 cm³/mol. The van der Waals surface area contributed by atoms with Crippen LogP contribution in [0.1, 0.15) is 50.5 Å². The summed E-state index contributed by atoms with van der Waals surface area (Å²) in [5.74, 6) is -1.13. The van der Waals surface area contributed by atoms with E-state index < -0.39 is 24.0 Å². The number of hydrogen-bond acceptors (Lipinski definition) is 6. The van der Waals surface area contributed by atoms with Crippen LogP contribution < -0.4 is 15.4 Å². The van der Waals surface area contributed by atoms with Gasteiger partial charge in [0.15, 0.2) is 0 Å². The second kappa shape index (κ2) is 10.4. The maximum atomic E-state index is 13.7. The number of fused-ring (bicyclic) bond motifs is 1. The topological polar surface area (TPSA) is 130 Å². The van der Waals surface area contributed by atoms with Gasteiger partial charge in [0.1, 0.15) is 23.5 Å². The van der Waals surface area contributed by atoms with Gasteiger partial charge in [0, 0.05) is 29.9 Å². The Labute approximate surface area is 216 Å². The lowest BCUT2D eigenvalue weighted by atomic mass is 9.79. The molecule has 3 heterocycles. The van der Waals surface area contributed by atoms with Crippen LogP contribution in [0.5, 0.6) is 5.75 Å². The average Bonchev–Trinajstić information content (AvgIpc) is 3.60. The third kappa shape index (κ3) is 5.42. The first-order valence-corrected chi connectivity index (χ1v) is 12.7. The molecule has 2 aliphatic rings. The lowest BCUT2D eigenvalue weighted by molar-refractivity contribution is -0.146. The number of hydrogen-bond donors (Lipinski definition) is 3. The van der Waals surface area contributed by atoms with Crippen LogP contribution in [0.2, 0.25) is 0 Å². The first kappa shape index (κ1) is 26.5. The zero-order valence-electron chi connectivity index (χ0n) is 22.1. The van der Waals surface area contributed by atoms with E-state index in [1.54, 1.807) is 18.1 Å². The highest BCUT2D eigenvalue weighted by molar-refractivity contribution is 6.02. The lowest BCUT2D eigenvalue weighted by Crippen LogP contribution is -2.51. The minimum atomic E-state index is -0.977. The van der Waals surface area contributed by atoms with Crippen molar-refractivity contribution < 1.29 is 28.7 Å². The lowest BCUT2D eigenvalue weighted by Gasteiger charge is -2.27. The summed E-state index contributed by atoms with van der Waals surface area (Å²) in [5, 5.41) is 6.32. The van der Waals surface area contributed by atoms with Gasteiger partial charge in [-0.1, -0.05) is 26.8 Å². The summed E-state index contributed by atoms with van der Waals surface area (Å²) in [7, 11) is 2.83. The highest BCUT2D eigenvalue weighted by Crippen LogP contribution is 2.38. The Morgan fingerprint density at radius 1 is 1.22 bits per heavy atom. The summed E-state index contributed by atoms with van der Waals surface area (Å²) in [6.45, 7) is 7.21. The van der Waals surface area contributed by atoms with E-state index in [4.69, 9.17) is 9.47 Å². The first-order chi connectivity index (χ1) is 17.5. The molecule has 37 heavy (non-hydrogen) atoms. The minimum absolute atomic E-state index is 0.0725. The Balaban J connectivity index is 1.59. The van der Waals surface area contributed by atoms with Gasteiger partial charge in [-0.2, -0.15) is 0 Å². The van der Waals surface area contributed by atoms with Gasteiger partial charge in [-0.25, -0.2) is 4.79 Å². The molecule has 0 spiro atoms. The molecule has 3 N–H and O–H groups in total. The number of aromatic nitrogens is 1. The van der Waals surface area contributed by atoms with Crippen molar-refractivity contribution in [3.05, 3.63) is 30.0 Å². The number of rotatable bonds is 7. The second-order valence-corrected chi connectivity index (χ2v) is 11.0. The van der Waals surface area contributed by atoms with Gasteiger partial charge in [0.25, 0.3) is 5.91 Å². The molecule has 2 aromatic rings. The monoisotopic (exact) mass is 512 g/mol. The predicted octanol–water partition coefficient (Wildman–Crippen LogP) is 2.24. The van der Waals surface area contributed by atoms with Gasteiger partial charge in [-0.15, -0.1) is 0 Å². The molecule has 3 amide bonds. The largest absolute Gasteiger partial charge is 0.496 e. The molecule has 0 aliphatic carbocycles. The maximum Gasteiger partial charge on any atom is 0.328 e. The van der Waals surface area contributed by atoms with E-state index in [1.165, 1.54) is 7.11 Å². The molecule has 2 aliphatic heterocycles. The molecule has 0 saturated carbocycles. The zero-order chi connectivity index (χ0) is 26.9. The van der Waals surface area contributed by atoms with Crippen LogP contribution in [0.25, 0.3) is 10.9 Å². The fourth-order valence-electron chi connectivity index (χ4n) is 5.29. The van der Waals surface area contributed by atoms with Crippen LogP contribution in [0.3, 0.4) is 0 Å². The zero-order valence-corrected chi connectivity index (χ0v) is 22.1. The minimum Gasteiger partial charge on any atom is -0.496 e. The van der Waals surface area contributed by atoms with Gasteiger partial charge in [-0.05, 0) is 48.8 Å². The van der Waals surface area contributed by atoms with E-state index in [2.05, 4.69) is 36.4 Å². The molecule has 200 valence electrons. The Morgan fingerprint density at radius 2 is 1.97 bits per heavy atom. The average molecular weight is 513 g/mol. The number of carbonyl (C=O) groups is 4. The Bertz CT molecular complexity index is 1200. The molecular formula is C27H36N4O6. The normalized spacial score (nSPS) is 22.6. The van der Waals surface area contributed by atoms with Crippen LogP contribution in [-0.2, 0) is 19.1 Å². The highest BCUT2D eigenvalue weighted by atomic mass is 16.5. The number of aromatic amines is 1. The summed E-state index contributed by atoms with van der Waals surface area (Å²) >= 11 is 0. The smallest absolute Gasteiger partial charge is 0.328 e. The maximum absolute atomic E-state index is 13.7. The molecule has 0 bridgehead atoms. The van der Waals surface area contributed by atoms with Crippen molar-refractivity contribution >= 4 is 34.6 Å². The summed E-state index contributed by atoms with van der Waals surface area (Å²) in [4.78, 5) is 56.7. The van der Waals surface area contributed by atoms with Crippen molar-refractivity contribution in [3.63, 3.8) is 0 Å². The number of nitrogens with zero attached hydrogens (tertiary/aromatic N) is 1. The van der Waals surface area contributed by atoms with E-state index in [1.807, 2.05) is 18.2 Å². The molecule has 10 nitrogen and oxygen atoms in total. The van der Waals surface area contributed by atoms with Gasteiger partial charge in [0.2, 0.25) is 11.8 Å². The SMILES string of the molecule is COC(=O)[C@H](C[C@@H]1CCNC1=O)NC(=O)[C@@H]1C[C@@H](C(C)(C)C)CN1C(=O)c1cc2c(OC)cccc2[nH]1. The molecule has 1 aromatic heterocycles. The molecule has 10 heteroatoms. The summed E-state index contributed by atoms with van der Waals surface area (Å²) in [6.07, 6.45) is 1.20. The molecule has 2 fully saturated rings. The number of likely N-dealkylation sites (tertiary alicyclic amines) is 1. The number of ether oxygens (including phenoxy) is 2. The quantitative estimate of drug-likeness (QED) is 0.488. The van der Waals surface area contributed by atoms with Crippen molar-refractivity contribution in [1.82, 2.24) is 20.5 Å². The van der Waals surface area contributed by atoms with E-state index >= 15 is 0 Å². The van der Waals surface area contributed by atoms with Crippen molar-refractivity contribution in [1.29, 1.82) is 0 Å². The molecular weight excluding hydrogens is 476 g/mol. The number of amides is 3. The third-order valence-corrected chi connectivity index (χ3v) is 7.65. The number of benzene rings is 1. The molecule has 0 radical (unpaired) electrons. The van der Waals surface area contributed by atoms with Crippen LogP contribution >= 0.6 is 0 Å². The van der Waals surface area contributed by atoms with Crippen molar-refractivity contribution in [2.75, 3.05) is 27.3 Å². The number of esters is 1. The van der Waals surface area contributed by atoms with Gasteiger partial charge >= 0.3 is 5.97 Å². The van der Waals surface area contributed by atoms with E-state index in [-0.39, 0.29) is 35.5 Å². The third-order valence-electron chi connectivity index (χ3n) is 7.65. The standard InChI is InChI=1S/C27H36N4O6/c1-27(2,3)16-12-21(24(33)30-20(26(35)37-5)11-15-9-10-28-23(15)32)31(14-16)25(34)19-13-17-18(29-19)7-6-8-22(17)36-4/h6-8,13,15-16,20-21,29H,9-12,14H2,1-5H3,(H,28,32)(H,30,33)/t15-,16+,20-,21-/m0/s1. The highest BCUT2D eigenvalue weighted by Gasteiger charge is 2.45. The van der Waals surface area contributed by atoms with Crippen LogP contribution in [-0.4, -0.2) is 73.0 Å². The van der Waals surface area contributed by atoms with Gasteiger partial charge in [-0.3, -0.25) is 14.4 Å². The van der Waals surface area contributed by atoms with Crippen molar-refractivity contribution in [2.24, 2.45) is 17.3 Å². The Morgan fingerprint density at radius 3 is 2.59 bits per heavy atom. The Kier molecular flexibility index (Phi) is 7.47. The fourth-order valence-corrected chi connectivity index (χ4v) is 5.29. The number of nitrogens with one attached hydrogen (secondary N) is 3. The number of methoxy groups -OCH3 is 2. The molecule has 0 unspecified atom stereocenters. The summed E-state index contributed by atoms with van der Waals surface area (Å²) < 4.78 is 10.3. The van der Waals surface area contributed by atoms with Gasteiger partial charge in [0.05, 0.1) is 14.2 Å². The number of carbonyl (C=O) groups excluding carboxylic acids is 4. The Hall–Kier alpha value is -3.56. The molecule has 4 rings (SSSR count). The van der Waals surface area contributed by atoms with E-state index in [0.717, 1.165) is 10.9 Å². The number of H-pyrrole nitrogens is 1. The van der Waals surface area contributed by atoms with Crippen LogP contribution in [0, 0.1) is 17.3 Å². The van der Waals surface area contributed by atoms with Gasteiger partial charge < -0.3 is 30.0 Å². The van der Waals surface area contributed by atoms with Crippen molar-refractivity contribution in [3.8, 4) is 5.75 Å². The summed E-state index contributed by atoms with van der Waals surface area (Å²) in [5.41, 5.74) is 0.982. The molecule has 1 aromatic carbocycles. The fraction of sp³-hybridized carbons (Fsp3) is 0.556. The van der Waals surface area contributed by atoms with E-state index in [0.29, 0.717) is 37.4 Å². The van der Waals surface area contributed by atoms with E-state index in [9.17, 15) is 19.2 Å². The second-order valence-electron chi connectivity index (χ2n) is 11.0. The first-order valence-electron chi connectivity index (χ1n) is 12.7. The molecule has 4 atom stereocenters. The van der Waals surface area contributed by atoms with Crippen molar-refractivity contribution in [2.45, 2.75) is 52.1 Å². The van der Waals surface area contributed by atoms with Crippen LogP contribution in [0.15, 0.2) is 24.3 Å². The molecule has 2 saturated heterocycles. The van der Waals surface area contributed by atoms with Crippen LogP contribution in [0.4, 0.5) is 0 Å².